The molecule has 3 N–H and O–H groups in total. The molecule has 1 aliphatic rings. The number of H-pyrrole nitrogens is 1. The summed E-state index contributed by atoms with van der Waals surface area (Å²) < 4.78 is 0. The Hall–Kier alpha value is -1.86. The van der Waals surface area contributed by atoms with E-state index in [0.717, 1.165) is 29.7 Å². The first-order chi connectivity index (χ1) is 13.9. The standard InChI is InChI=1S/C20H20Cl3N5O/c21-13-4-3-11(14(22)9-13)8-15(24)20(29)28-7-1-2-12(10-28)18-25-16-5-6-17(23)26-19(16)27-18/h3-6,9,12,15H,1-2,7-8,10,24H2,(H,25,26,27)/t12-,15-/m0/s1. The molecule has 1 aliphatic heterocycles. The summed E-state index contributed by atoms with van der Waals surface area (Å²) >= 11 is 18.1. The van der Waals surface area contributed by atoms with Gasteiger partial charge in [-0.1, -0.05) is 40.9 Å². The monoisotopic (exact) mass is 451 g/mol. The first kappa shape index (κ1) is 20.4. The number of nitrogens with zero attached hydrogens (tertiary/aromatic N) is 3. The number of amides is 1. The average molecular weight is 453 g/mol. The summed E-state index contributed by atoms with van der Waals surface area (Å²) in [5.74, 6) is 0.839. The van der Waals surface area contributed by atoms with Crippen LogP contribution in [0.1, 0.15) is 30.1 Å². The number of likely N-dealkylation sites (tertiary alicyclic amines) is 1. The van der Waals surface area contributed by atoms with Gasteiger partial charge >= 0.3 is 0 Å². The molecular formula is C20H20Cl3N5O. The first-order valence-corrected chi connectivity index (χ1v) is 10.5. The van der Waals surface area contributed by atoms with Crippen molar-refractivity contribution in [2.45, 2.75) is 31.2 Å². The fourth-order valence-corrected chi connectivity index (χ4v) is 4.36. The van der Waals surface area contributed by atoms with E-state index in [0.29, 0.717) is 40.4 Å². The normalized spacial score (nSPS) is 18.2. The minimum Gasteiger partial charge on any atom is -0.341 e. The highest BCUT2D eigenvalue weighted by Gasteiger charge is 2.29. The predicted octanol–water partition coefficient (Wildman–Crippen LogP) is 4.19. The fourth-order valence-electron chi connectivity index (χ4n) is 3.73. The van der Waals surface area contributed by atoms with Gasteiger partial charge < -0.3 is 15.6 Å². The van der Waals surface area contributed by atoms with Crippen LogP contribution in [0, 0.1) is 0 Å². The molecule has 29 heavy (non-hydrogen) atoms. The molecule has 1 saturated heterocycles. The molecule has 4 rings (SSSR count). The van der Waals surface area contributed by atoms with Gasteiger partial charge in [0, 0.05) is 29.1 Å². The summed E-state index contributed by atoms with van der Waals surface area (Å²) in [5.41, 5.74) is 8.45. The van der Waals surface area contributed by atoms with Gasteiger partial charge in [0.2, 0.25) is 5.91 Å². The third-order valence-corrected chi connectivity index (χ3v) is 6.02. The zero-order valence-corrected chi connectivity index (χ0v) is 17.8. The van der Waals surface area contributed by atoms with Gasteiger partial charge in [0.15, 0.2) is 5.65 Å². The third kappa shape index (κ3) is 4.51. The molecule has 2 aromatic heterocycles. The van der Waals surface area contributed by atoms with Crippen molar-refractivity contribution in [1.82, 2.24) is 19.9 Å². The minimum absolute atomic E-state index is 0.0852. The number of nitrogens with one attached hydrogen (secondary N) is 1. The minimum atomic E-state index is -0.663. The van der Waals surface area contributed by atoms with Crippen molar-refractivity contribution < 1.29 is 4.79 Å². The molecule has 1 aromatic carbocycles. The van der Waals surface area contributed by atoms with Crippen molar-refractivity contribution >= 4 is 51.9 Å². The van der Waals surface area contributed by atoms with Gasteiger partial charge in [0.25, 0.3) is 0 Å². The fraction of sp³-hybridized carbons (Fsp3) is 0.350. The lowest BCUT2D eigenvalue weighted by Crippen LogP contribution is -2.48. The number of nitrogens with two attached hydrogens (primary N) is 1. The summed E-state index contributed by atoms with van der Waals surface area (Å²) in [6, 6.07) is 8.14. The summed E-state index contributed by atoms with van der Waals surface area (Å²) in [4.78, 5) is 26.9. The van der Waals surface area contributed by atoms with Crippen molar-refractivity contribution in [2.75, 3.05) is 13.1 Å². The Morgan fingerprint density at radius 2 is 2.07 bits per heavy atom. The lowest BCUT2D eigenvalue weighted by atomic mass is 9.96. The first-order valence-electron chi connectivity index (χ1n) is 9.41. The number of fused-ring (bicyclic) bond motifs is 1. The highest BCUT2D eigenvalue weighted by atomic mass is 35.5. The molecule has 0 saturated carbocycles. The average Bonchev–Trinajstić information content (AvgIpc) is 3.13. The van der Waals surface area contributed by atoms with Crippen LogP contribution in [0.2, 0.25) is 15.2 Å². The molecule has 1 amide bonds. The molecular weight excluding hydrogens is 433 g/mol. The third-order valence-electron chi connectivity index (χ3n) is 5.22. The maximum atomic E-state index is 12.9. The molecule has 0 spiro atoms. The van der Waals surface area contributed by atoms with Crippen LogP contribution in [0.25, 0.3) is 11.2 Å². The Kier molecular flexibility index (Phi) is 5.97. The molecule has 3 aromatic rings. The highest BCUT2D eigenvalue weighted by molar-refractivity contribution is 6.35. The molecule has 0 unspecified atom stereocenters. The van der Waals surface area contributed by atoms with Crippen LogP contribution in [0.5, 0.6) is 0 Å². The van der Waals surface area contributed by atoms with E-state index in [4.69, 9.17) is 40.5 Å². The van der Waals surface area contributed by atoms with E-state index in [-0.39, 0.29) is 11.8 Å². The van der Waals surface area contributed by atoms with Crippen molar-refractivity contribution in [3.05, 3.63) is 56.9 Å². The SMILES string of the molecule is N[C@@H](Cc1ccc(Cl)cc1Cl)C(=O)N1CCC[C@H](c2nc3nc(Cl)ccc3[nH]2)C1. The van der Waals surface area contributed by atoms with Crippen LogP contribution in [-0.2, 0) is 11.2 Å². The molecule has 0 aliphatic carbocycles. The molecule has 6 nitrogen and oxygen atoms in total. The zero-order chi connectivity index (χ0) is 20.5. The summed E-state index contributed by atoms with van der Waals surface area (Å²) in [6.45, 7) is 1.25. The number of hydrogen-bond donors (Lipinski definition) is 2. The quantitative estimate of drug-likeness (QED) is 0.581. The highest BCUT2D eigenvalue weighted by Crippen LogP contribution is 2.28. The molecule has 0 bridgehead atoms. The van der Waals surface area contributed by atoms with Gasteiger partial charge in [-0.05, 0) is 49.1 Å². The number of halogens is 3. The molecule has 2 atom stereocenters. The van der Waals surface area contributed by atoms with Gasteiger partial charge in [-0.3, -0.25) is 4.79 Å². The second-order valence-electron chi connectivity index (χ2n) is 7.30. The van der Waals surface area contributed by atoms with Crippen molar-refractivity contribution in [3.63, 3.8) is 0 Å². The number of aromatic amines is 1. The maximum Gasteiger partial charge on any atom is 0.239 e. The van der Waals surface area contributed by atoms with E-state index in [1.54, 1.807) is 18.2 Å². The topological polar surface area (TPSA) is 87.9 Å². The lowest BCUT2D eigenvalue weighted by Gasteiger charge is -2.33. The maximum absolute atomic E-state index is 12.9. The van der Waals surface area contributed by atoms with Crippen LogP contribution < -0.4 is 5.73 Å². The van der Waals surface area contributed by atoms with Crippen molar-refractivity contribution in [3.8, 4) is 0 Å². The summed E-state index contributed by atoms with van der Waals surface area (Å²) in [6.07, 6.45) is 2.19. The Morgan fingerprint density at radius 3 is 2.86 bits per heavy atom. The number of rotatable bonds is 4. The second kappa shape index (κ2) is 8.48. The predicted molar refractivity (Wildman–Crippen MR) is 116 cm³/mol. The Morgan fingerprint density at radius 1 is 1.24 bits per heavy atom. The number of aromatic nitrogens is 3. The number of piperidine rings is 1. The van der Waals surface area contributed by atoms with E-state index in [2.05, 4.69) is 15.0 Å². The van der Waals surface area contributed by atoms with Gasteiger partial charge in [0.1, 0.15) is 11.0 Å². The van der Waals surface area contributed by atoms with E-state index >= 15 is 0 Å². The second-order valence-corrected chi connectivity index (χ2v) is 8.53. The summed E-state index contributed by atoms with van der Waals surface area (Å²) in [7, 11) is 0. The Balaban J connectivity index is 1.46. The van der Waals surface area contributed by atoms with Gasteiger partial charge in [-0.25, -0.2) is 9.97 Å². The number of carbonyl (C=O) groups excluding carboxylic acids is 1. The van der Waals surface area contributed by atoms with E-state index in [9.17, 15) is 4.79 Å². The van der Waals surface area contributed by atoms with Gasteiger partial charge in [-0.2, -0.15) is 0 Å². The molecule has 9 heteroatoms. The van der Waals surface area contributed by atoms with Crippen molar-refractivity contribution in [2.24, 2.45) is 5.73 Å². The Bertz CT molecular complexity index is 1050. The Labute approximate surface area is 183 Å². The summed E-state index contributed by atoms with van der Waals surface area (Å²) in [5, 5.41) is 1.48. The van der Waals surface area contributed by atoms with Crippen LogP contribution in [0.15, 0.2) is 30.3 Å². The zero-order valence-electron chi connectivity index (χ0n) is 15.5. The number of benzene rings is 1. The van der Waals surface area contributed by atoms with E-state index in [1.807, 2.05) is 17.0 Å². The lowest BCUT2D eigenvalue weighted by molar-refractivity contribution is -0.133. The van der Waals surface area contributed by atoms with Crippen LogP contribution in [-0.4, -0.2) is 44.9 Å². The van der Waals surface area contributed by atoms with Crippen LogP contribution in [0.3, 0.4) is 0 Å². The largest absolute Gasteiger partial charge is 0.341 e. The smallest absolute Gasteiger partial charge is 0.239 e. The van der Waals surface area contributed by atoms with Crippen LogP contribution >= 0.6 is 34.8 Å². The number of carbonyl (C=O) groups is 1. The number of hydrogen-bond acceptors (Lipinski definition) is 4. The number of imidazole rings is 1. The van der Waals surface area contributed by atoms with Crippen LogP contribution in [0.4, 0.5) is 0 Å². The molecule has 1 fully saturated rings. The van der Waals surface area contributed by atoms with Gasteiger partial charge in [-0.15, -0.1) is 0 Å². The molecule has 0 radical (unpaired) electrons. The molecule has 152 valence electrons. The van der Waals surface area contributed by atoms with E-state index in [1.165, 1.54) is 0 Å². The van der Waals surface area contributed by atoms with E-state index < -0.39 is 6.04 Å². The van der Waals surface area contributed by atoms with Gasteiger partial charge in [0.05, 0.1) is 11.6 Å². The number of pyridine rings is 1. The van der Waals surface area contributed by atoms with Crippen molar-refractivity contribution in [1.29, 1.82) is 0 Å². The molecule has 3 heterocycles.